The highest BCUT2D eigenvalue weighted by molar-refractivity contribution is 6.11. The smallest absolute Gasteiger partial charge is 0.0547 e. The molecule has 0 spiro atoms. The lowest BCUT2D eigenvalue weighted by molar-refractivity contribution is 1.18. The molecule has 0 amide bonds. The fraction of sp³-hybridized carbons (Fsp3) is 0. The third-order valence-electron chi connectivity index (χ3n) is 12.5. The van der Waals surface area contributed by atoms with Gasteiger partial charge in [-0.15, -0.1) is 0 Å². The lowest BCUT2D eigenvalue weighted by Gasteiger charge is -2.11. The van der Waals surface area contributed by atoms with Gasteiger partial charge in [0, 0.05) is 32.9 Å². The molecule has 2 aromatic heterocycles. The Labute approximate surface area is 360 Å². The molecule has 62 heavy (non-hydrogen) atoms. The Morgan fingerprint density at radius 2 is 0.468 bits per heavy atom. The molecule has 0 aliphatic rings. The molecule has 0 atom stereocenters. The fourth-order valence-corrected chi connectivity index (χ4v) is 9.48. The van der Waals surface area contributed by atoms with Crippen LogP contribution in [0, 0.1) is 0 Å². The van der Waals surface area contributed by atoms with E-state index in [0.717, 1.165) is 0 Å². The summed E-state index contributed by atoms with van der Waals surface area (Å²) in [7, 11) is 0. The van der Waals surface area contributed by atoms with E-state index in [1.165, 1.54) is 111 Å². The quantitative estimate of drug-likeness (QED) is 0.152. The number of para-hydroxylation sites is 4. The van der Waals surface area contributed by atoms with Gasteiger partial charge in [-0.05, 0) is 116 Å². The Balaban J connectivity index is 0.814. The van der Waals surface area contributed by atoms with E-state index in [1.54, 1.807) is 0 Å². The van der Waals surface area contributed by atoms with Gasteiger partial charge in [0.15, 0.2) is 0 Å². The summed E-state index contributed by atoms with van der Waals surface area (Å²) in [4.78, 5) is 0. The third kappa shape index (κ3) is 6.12. The van der Waals surface area contributed by atoms with E-state index < -0.39 is 0 Å². The zero-order valence-electron chi connectivity index (χ0n) is 34.0. The second kappa shape index (κ2) is 14.8. The van der Waals surface area contributed by atoms with E-state index >= 15 is 0 Å². The molecule has 290 valence electrons. The summed E-state index contributed by atoms with van der Waals surface area (Å²) in [6.07, 6.45) is 0. The van der Waals surface area contributed by atoms with Crippen molar-refractivity contribution in [1.82, 2.24) is 9.13 Å². The van der Waals surface area contributed by atoms with Crippen LogP contribution < -0.4 is 0 Å². The summed E-state index contributed by atoms with van der Waals surface area (Å²) in [5, 5.41) is 5.06. The largest absolute Gasteiger partial charge is 0.309 e. The van der Waals surface area contributed by atoms with Gasteiger partial charge in [0.05, 0.1) is 22.1 Å². The van der Waals surface area contributed by atoms with E-state index in [9.17, 15) is 0 Å². The average Bonchev–Trinajstić information content (AvgIpc) is 3.87. The van der Waals surface area contributed by atoms with Crippen LogP contribution in [-0.2, 0) is 0 Å². The van der Waals surface area contributed by atoms with Crippen LogP contribution in [0.3, 0.4) is 0 Å². The Kier molecular flexibility index (Phi) is 8.53. The monoisotopic (exact) mass is 788 g/mol. The zero-order valence-corrected chi connectivity index (χ0v) is 34.0. The molecule has 12 rings (SSSR count). The maximum atomic E-state index is 2.38. The molecule has 0 N–H and O–H groups in total. The molecule has 0 saturated heterocycles. The van der Waals surface area contributed by atoms with Crippen molar-refractivity contribution in [2.24, 2.45) is 0 Å². The van der Waals surface area contributed by atoms with Gasteiger partial charge in [0.2, 0.25) is 0 Å². The first-order valence-electron chi connectivity index (χ1n) is 21.3. The normalized spacial score (nSPS) is 11.5. The first-order valence-corrected chi connectivity index (χ1v) is 21.3. The Morgan fingerprint density at radius 1 is 0.177 bits per heavy atom. The lowest BCUT2D eigenvalue weighted by Crippen LogP contribution is -1.93. The molecular formula is C60H40N2. The number of fused-ring (bicyclic) bond motifs is 6. The van der Waals surface area contributed by atoms with Crippen molar-refractivity contribution in [3.8, 4) is 67.0 Å². The highest BCUT2D eigenvalue weighted by Gasteiger charge is 2.15. The van der Waals surface area contributed by atoms with E-state index in [4.69, 9.17) is 0 Å². The minimum Gasteiger partial charge on any atom is -0.309 e. The zero-order chi connectivity index (χ0) is 41.0. The van der Waals surface area contributed by atoms with Gasteiger partial charge in [0.25, 0.3) is 0 Å². The highest BCUT2D eigenvalue weighted by Crippen LogP contribution is 2.38. The molecule has 12 aromatic rings. The molecule has 0 bridgehead atoms. The predicted molar refractivity (Wildman–Crippen MR) is 262 cm³/mol. The van der Waals surface area contributed by atoms with Gasteiger partial charge >= 0.3 is 0 Å². The van der Waals surface area contributed by atoms with Gasteiger partial charge in [-0.2, -0.15) is 0 Å². The van der Waals surface area contributed by atoms with Crippen LogP contribution in [0.1, 0.15) is 0 Å². The molecule has 0 aliphatic heterocycles. The second-order valence-corrected chi connectivity index (χ2v) is 16.2. The van der Waals surface area contributed by atoms with Gasteiger partial charge in [-0.25, -0.2) is 0 Å². The van der Waals surface area contributed by atoms with Gasteiger partial charge in [0.1, 0.15) is 0 Å². The topological polar surface area (TPSA) is 9.86 Å². The molecule has 2 heteroatoms. The van der Waals surface area contributed by atoms with E-state index in [2.05, 4.69) is 252 Å². The maximum Gasteiger partial charge on any atom is 0.0547 e. The summed E-state index contributed by atoms with van der Waals surface area (Å²) < 4.78 is 4.77. The Morgan fingerprint density at radius 3 is 0.871 bits per heavy atom. The number of aromatic nitrogens is 2. The highest BCUT2D eigenvalue weighted by atomic mass is 15.0. The molecule has 0 fully saturated rings. The van der Waals surface area contributed by atoms with Crippen LogP contribution in [0.4, 0.5) is 0 Å². The van der Waals surface area contributed by atoms with Crippen LogP contribution in [-0.4, -0.2) is 9.13 Å². The van der Waals surface area contributed by atoms with Crippen molar-refractivity contribution in [2.75, 3.05) is 0 Å². The fourth-order valence-electron chi connectivity index (χ4n) is 9.48. The molecule has 0 aliphatic carbocycles. The molecule has 0 unspecified atom stereocenters. The first kappa shape index (κ1) is 35.7. The summed E-state index contributed by atoms with van der Waals surface area (Å²) in [6.45, 7) is 0. The number of nitrogens with zero attached hydrogens (tertiary/aromatic N) is 2. The van der Waals surface area contributed by atoms with Crippen LogP contribution in [0.15, 0.2) is 243 Å². The van der Waals surface area contributed by atoms with Gasteiger partial charge < -0.3 is 9.13 Å². The van der Waals surface area contributed by atoms with E-state index in [1.807, 2.05) is 0 Å². The van der Waals surface area contributed by atoms with Crippen molar-refractivity contribution in [2.45, 2.75) is 0 Å². The average molecular weight is 789 g/mol. The molecular weight excluding hydrogens is 749 g/mol. The number of hydrogen-bond donors (Lipinski definition) is 0. The Hall–Kier alpha value is -8.20. The molecule has 2 nitrogen and oxygen atoms in total. The summed E-state index contributed by atoms with van der Waals surface area (Å²) in [5.41, 5.74) is 19.2. The minimum atomic E-state index is 1.17. The van der Waals surface area contributed by atoms with Crippen LogP contribution in [0.2, 0.25) is 0 Å². The van der Waals surface area contributed by atoms with Gasteiger partial charge in [-0.3, -0.25) is 0 Å². The van der Waals surface area contributed by atoms with Crippen LogP contribution in [0.25, 0.3) is 111 Å². The van der Waals surface area contributed by atoms with Crippen molar-refractivity contribution in [3.05, 3.63) is 243 Å². The lowest BCUT2D eigenvalue weighted by atomic mass is 9.95. The molecule has 10 aromatic carbocycles. The standard InChI is InChI=1S/C60H40N2/c1-3-17-51(18-4-1)61-57-23-9-7-21-53(57)55-35-33-49(39-59(55)61)47-15-11-13-45(37-47)43-29-25-41(26-30-43)42-27-31-44(32-28-42)46-14-12-16-48(38-46)50-34-36-56-54-22-8-10-24-58(54)62(60(56)40-50)52-19-5-2-6-20-52/h1-40H. The number of hydrogen-bond acceptors (Lipinski definition) is 0. The van der Waals surface area contributed by atoms with Crippen molar-refractivity contribution in [1.29, 1.82) is 0 Å². The second-order valence-electron chi connectivity index (χ2n) is 16.2. The summed E-state index contributed by atoms with van der Waals surface area (Å²) >= 11 is 0. The SMILES string of the molecule is c1ccc(-n2c3ccccc3c3ccc(-c4cccc(-c5ccc(-c6ccc(-c7cccc(-c8ccc9c%10ccccc%10n(-c%10ccccc%10)c9c8)c7)cc6)cc5)c4)cc32)cc1. The van der Waals surface area contributed by atoms with E-state index in [-0.39, 0.29) is 0 Å². The molecule has 0 radical (unpaired) electrons. The maximum absolute atomic E-state index is 2.38. The molecule has 0 saturated carbocycles. The first-order chi connectivity index (χ1) is 30.7. The number of benzene rings is 10. The van der Waals surface area contributed by atoms with Crippen molar-refractivity contribution >= 4 is 43.6 Å². The third-order valence-corrected chi connectivity index (χ3v) is 12.5. The Bertz CT molecular complexity index is 3350. The minimum absolute atomic E-state index is 1.17. The van der Waals surface area contributed by atoms with Crippen LogP contribution >= 0.6 is 0 Å². The van der Waals surface area contributed by atoms with Crippen molar-refractivity contribution < 1.29 is 0 Å². The van der Waals surface area contributed by atoms with E-state index in [0.29, 0.717) is 0 Å². The van der Waals surface area contributed by atoms with Gasteiger partial charge in [-0.1, -0.05) is 182 Å². The predicted octanol–water partition coefficient (Wildman–Crippen LogP) is 16.2. The number of rotatable bonds is 7. The van der Waals surface area contributed by atoms with Crippen LogP contribution in [0.5, 0.6) is 0 Å². The summed E-state index contributed by atoms with van der Waals surface area (Å²) in [6, 6.07) is 88.3. The van der Waals surface area contributed by atoms with Crippen molar-refractivity contribution in [3.63, 3.8) is 0 Å². The summed E-state index contributed by atoms with van der Waals surface area (Å²) in [5.74, 6) is 0. The molecule has 2 heterocycles.